The fourth-order valence-electron chi connectivity index (χ4n) is 3.31. The van der Waals surface area contributed by atoms with Gasteiger partial charge in [-0.25, -0.2) is 4.99 Å². The zero-order chi connectivity index (χ0) is 17.5. The fourth-order valence-corrected chi connectivity index (χ4v) is 3.31. The molecule has 1 fully saturated rings. The predicted molar refractivity (Wildman–Crippen MR) is 101 cm³/mol. The lowest BCUT2D eigenvalue weighted by Gasteiger charge is -2.30. The molecule has 3 heterocycles. The number of piperidine rings is 1. The van der Waals surface area contributed by atoms with E-state index in [4.69, 9.17) is 0 Å². The monoisotopic (exact) mass is 343 g/mol. The first-order valence-corrected chi connectivity index (χ1v) is 9.29. The lowest BCUT2D eigenvalue weighted by Crippen LogP contribution is -2.43. The van der Waals surface area contributed by atoms with Gasteiger partial charge in [0.1, 0.15) is 6.54 Å². The van der Waals surface area contributed by atoms with Crippen LogP contribution in [0.4, 0.5) is 0 Å². The van der Waals surface area contributed by atoms with E-state index < -0.39 is 0 Å². The fraction of sp³-hybridized carbons (Fsp3) is 0.611. The molecule has 1 aliphatic rings. The van der Waals surface area contributed by atoms with Gasteiger partial charge >= 0.3 is 0 Å². The van der Waals surface area contributed by atoms with Gasteiger partial charge in [0.2, 0.25) is 0 Å². The van der Waals surface area contributed by atoms with Crippen molar-refractivity contribution in [1.82, 2.24) is 30.1 Å². The molecule has 0 spiro atoms. The second kappa shape index (κ2) is 8.80. The lowest BCUT2D eigenvalue weighted by molar-refractivity contribution is 0.187. The van der Waals surface area contributed by atoms with Crippen LogP contribution in [0, 0.1) is 5.92 Å². The number of hydrogen-bond acceptors (Lipinski definition) is 4. The largest absolute Gasteiger partial charge is 0.357 e. The lowest BCUT2D eigenvalue weighted by atomic mass is 10.0. The van der Waals surface area contributed by atoms with Crippen LogP contribution in [0.3, 0.4) is 0 Å². The number of hydrogen-bond donors (Lipinski definition) is 2. The maximum Gasteiger partial charge on any atom is 0.191 e. The molecule has 1 aliphatic heterocycles. The Balaban J connectivity index is 1.54. The van der Waals surface area contributed by atoms with Crippen molar-refractivity contribution in [2.24, 2.45) is 10.9 Å². The molecule has 3 rings (SSSR count). The van der Waals surface area contributed by atoms with Crippen molar-refractivity contribution in [2.75, 3.05) is 32.7 Å². The number of nitrogens with one attached hydrogen (secondary N) is 2. The molecule has 0 saturated carbocycles. The third-order valence-electron chi connectivity index (χ3n) is 4.57. The van der Waals surface area contributed by atoms with Gasteiger partial charge in [0.25, 0.3) is 0 Å². The van der Waals surface area contributed by atoms with E-state index in [1.54, 1.807) is 0 Å². The number of nitrogens with zero attached hydrogens (tertiary/aromatic N) is 5. The summed E-state index contributed by atoms with van der Waals surface area (Å²) in [5.41, 5.74) is 0.852. The molecule has 1 atom stereocenters. The third-order valence-corrected chi connectivity index (χ3v) is 4.57. The van der Waals surface area contributed by atoms with Crippen LogP contribution in [0.15, 0.2) is 29.4 Å². The summed E-state index contributed by atoms with van der Waals surface area (Å²) in [5.74, 6) is 2.50. The Hall–Kier alpha value is -2.15. The smallest absolute Gasteiger partial charge is 0.191 e. The number of pyridine rings is 1. The first-order chi connectivity index (χ1) is 12.3. The topological polar surface area (TPSA) is 69.8 Å². The Morgan fingerprint density at radius 3 is 3.08 bits per heavy atom. The molecule has 25 heavy (non-hydrogen) atoms. The molecule has 136 valence electrons. The van der Waals surface area contributed by atoms with Crippen LogP contribution in [-0.2, 0) is 6.54 Å². The Labute approximate surface area is 149 Å². The quantitative estimate of drug-likeness (QED) is 0.615. The summed E-state index contributed by atoms with van der Waals surface area (Å²) in [6.07, 6.45) is 4.65. The minimum Gasteiger partial charge on any atom is -0.357 e. The maximum atomic E-state index is 4.66. The molecule has 0 aromatic carbocycles. The number of rotatable bonds is 6. The summed E-state index contributed by atoms with van der Waals surface area (Å²) in [6, 6.07) is 5.89. The van der Waals surface area contributed by atoms with Crippen LogP contribution in [0.1, 0.15) is 32.5 Å². The van der Waals surface area contributed by atoms with Crippen molar-refractivity contribution in [3.8, 4) is 0 Å². The van der Waals surface area contributed by atoms with E-state index in [-0.39, 0.29) is 0 Å². The molecule has 0 amide bonds. The first kappa shape index (κ1) is 17.7. The Morgan fingerprint density at radius 1 is 1.32 bits per heavy atom. The molecule has 7 nitrogen and oxygen atoms in total. The summed E-state index contributed by atoms with van der Waals surface area (Å²) >= 11 is 0. The van der Waals surface area contributed by atoms with Gasteiger partial charge in [-0.15, -0.1) is 10.2 Å². The van der Waals surface area contributed by atoms with Gasteiger partial charge in [-0.1, -0.05) is 13.0 Å². The van der Waals surface area contributed by atoms with Gasteiger partial charge in [-0.05, 0) is 44.4 Å². The zero-order valence-corrected chi connectivity index (χ0v) is 15.3. The van der Waals surface area contributed by atoms with E-state index in [0.717, 1.165) is 43.0 Å². The van der Waals surface area contributed by atoms with Gasteiger partial charge in [0.15, 0.2) is 17.4 Å². The highest BCUT2D eigenvalue weighted by atomic mass is 15.3. The van der Waals surface area contributed by atoms with Crippen LogP contribution in [0.2, 0.25) is 0 Å². The van der Waals surface area contributed by atoms with Crippen LogP contribution >= 0.6 is 0 Å². The molecule has 2 aromatic rings. The SMILES string of the molecule is CCNC(=NCc1nnc2ccccn12)NCCN1CCCC(C)C1. The number of fused-ring (bicyclic) bond motifs is 1. The molecule has 7 heteroatoms. The van der Waals surface area contributed by atoms with E-state index in [0.29, 0.717) is 6.54 Å². The van der Waals surface area contributed by atoms with E-state index in [1.165, 1.54) is 25.9 Å². The summed E-state index contributed by atoms with van der Waals surface area (Å²) in [7, 11) is 0. The minimum absolute atomic E-state index is 0.501. The number of guanidine groups is 1. The van der Waals surface area contributed by atoms with E-state index in [1.807, 2.05) is 28.8 Å². The standard InChI is InChI=1S/C18H29N7/c1-3-19-18(20-9-12-24-10-6-7-15(2)14-24)21-13-17-23-22-16-8-4-5-11-25(16)17/h4-5,8,11,15H,3,6-7,9-10,12-14H2,1-2H3,(H2,19,20,21). The normalized spacial score (nSPS) is 19.3. The average Bonchev–Trinajstić information content (AvgIpc) is 3.03. The van der Waals surface area contributed by atoms with Gasteiger partial charge in [-0.3, -0.25) is 4.40 Å². The van der Waals surface area contributed by atoms with Crippen LogP contribution in [0.25, 0.3) is 5.65 Å². The molecular formula is C18H29N7. The van der Waals surface area contributed by atoms with Crippen LogP contribution in [0.5, 0.6) is 0 Å². The molecular weight excluding hydrogens is 314 g/mol. The second-order valence-corrected chi connectivity index (χ2v) is 6.72. The van der Waals surface area contributed by atoms with E-state index >= 15 is 0 Å². The van der Waals surface area contributed by atoms with Crippen molar-refractivity contribution in [3.05, 3.63) is 30.2 Å². The van der Waals surface area contributed by atoms with Crippen molar-refractivity contribution in [2.45, 2.75) is 33.2 Å². The Kier molecular flexibility index (Phi) is 6.22. The number of likely N-dealkylation sites (tertiary alicyclic amines) is 1. The summed E-state index contributed by atoms with van der Waals surface area (Å²) < 4.78 is 1.97. The molecule has 1 unspecified atom stereocenters. The highest BCUT2D eigenvalue weighted by Crippen LogP contribution is 2.14. The van der Waals surface area contributed by atoms with Crippen molar-refractivity contribution >= 4 is 11.6 Å². The highest BCUT2D eigenvalue weighted by Gasteiger charge is 2.15. The summed E-state index contributed by atoms with van der Waals surface area (Å²) in [4.78, 5) is 7.19. The van der Waals surface area contributed by atoms with Crippen molar-refractivity contribution < 1.29 is 0 Å². The molecule has 0 radical (unpaired) electrons. The first-order valence-electron chi connectivity index (χ1n) is 9.29. The Morgan fingerprint density at radius 2 is 2.24 bits per heavy atom. The van der Waals surface area contributed by atoms with E-state index in [2.05, 4.69) is 44.6 Å². The maximum absolute atomic E-state index is 4.66. The van der Waals surface area contributed by atoms with Gasteiger partial charge in [0.05, 0.1) is 0 Å². The average molecular weight is 343 g/mol. The Bertz CT molecular complexity index is 694. The van der Waals surface area contributed by atoms with Crippen molar-refractivity contribution in [3.63, 3.8) is 0 Å². The molecule has 0 aliphatic carbocycles. The molecule has 2 N–H and O–H groups in total. The van der Waals surface area contributed by atoms with Crippen LogP contribution in [-0.4, -0.2) is 58.2 Å². The predicted octanol–water partition coefficient (Wildman–Crippen LogP) is 1.52. The summed E-state index contributed by atoms with van der Waals surface area (Å²) in [5, 5.41) is 15.1. The number of aliphatic imine (C=N–C) groups is 1. The second-order valence-electron chi connectivity index (χ2n) is 6.72. The van der Waals surface area contributed by atoms with Crippen LogP contribution < -0.4 is 10.6 Å². The number of aromatic nitrogens is 3. The van der Waals surface area contributed by atoms with Gasteiger partial charge in [-0.2, -0.15) is 0 Å². The van der Waals surface area contributed by atoms with Gasteiger partial charge in [0, 0.05) is 32.4 Å². The van der Waals surface area contributed by atoms with Gasteiger partial charge < -0.3 is 15.5 Å². The molecule has 1 saturated heterocycles. The summed E-state index contributed by atoms with van der Waals surface area (Å²) in [6.45, 7) is 10.1. The minimum atomic E-state index is 0.501. The zero-order valence-electron chi connectivity index (χ0n) is 15.3. The molecule has 2 aromatic heterocycles. The molecule has 0 bridgehead atoms. The highest BCUT2D eigenvalue weighted by molar-refractivity contribution is 5.79. The third kappa shape index (κ3) is 4.92. The van der Waals surface area contributed by atoms with E-state index in [9.17, 15) is 0 Å². The van der Waals surface area contributed by atoms with Crippen molar-refractivity contribution in [1.29, 1.82) is 0 Å².